The molecule has 16 heavy (non-hydrogen) atoms. The van der Waals surface area contributed by atoms with Crippen molar-refractivity contribution in [1.29, 1.82) is 0 Å². The molecule has 3 nitrogen and oxygen atoms in total. The van der Waals surface area contributed by atoms with E-state index < -0.39 is 0 Å². The zero-order valence-electron chi connectivity index (χ0n) is 9.66. The molecule has 1 atom stereocenters. The maximum absolute atomic E-state index is 9.36. The number of ether oxygens (including phenoxy) is 1. The molecule has 0 saturated carbocycles. The van der Waals surface area contributed by atoms with Crippen LogP contribution in [0.3, 0.4) is 0 Å². The molecule has 0 aliphatic rings. The van der Waals surface area contributed by atoms with Gasteiger partial charge in [-0.25, -0.2) is 0 Å². The van der Waals surface area contributed by atoms with Crippen LogP contribution in [0.4, 0.5) is 0 Å². The third kappa shape index (κ3) is 4.12. The molecule has 1 aromatic carbocycles. The third-order valence-corrected chi connectivity index (χ3v) is 3.10. The lowest BCUT2D eigenvalue weighted by atomic mass is 10.2. The van der Waals surface area contributed by atoms with E-state index in [1.807, 2.05) is 12.1 Å². The number of nitrogens with one attached hydrogen (secondary N) is 1. The average molecular weight is 288 g/mol. The summed E-state index contributed by atoms with van der Waals surface area (Å²) in [5.74, 6) is 0.271. The summed E-state index contributed by atoms with van der Waals surface area (Å²) in [5.41, 5.74) is 1.14. The van der Waals surface area contributed by atoms with E-state index in [-0.39, 0.29) is 5.75 Å². The maximum Gasteiger partial charge on any atom is 0.129 e. The van der Waals surface area contributed by atoms with Crippen LogP contribution >= 0.6 is 15.9 Å². The van der Waals surface area contributed by atoms with Gasteiger partial charge in [0, 0.05) is 19.7 Å². The van der Waals surface area contributed by atoms with Crippen molar-refractivity contribution in [2.24, 2.45) is 0 Å². The number of phenolic OH excluding ortho intramolecular Hbond substituents is 1. The number of halogens is 1. The van der Waals surface area contributed by atoms with E-state index in [2.05, 4.69) is 28.2 Å². The Kier molecular flexibility index (Phi) is 5.80. The second-order valence-electron chi connectivity index (χ2n) is 3.73. The number of hydrogen-bond donors (Lipinski definition) is 2. The van der Waals surface area contributed by atoms with Crippen LogP contribution in [0.5, 0.6) is 5.75 Å². The summed E-state index contributed by atoms with van der Waals surface area (Å²) in [7, 11) is 1.71. The van der Waals surface area contributed by atoms with Crippen LogP contribution in [0.2, 0.25) is 0 Å². The molecular formula is C12H18BrNO2. The molecule has 0 aliphatic carbocycles. The number of methoxy groups -OCH3 is 1. The Balaban J connectivity index is 2.50. The monoisotopic (exact) mass is 287 g/mol. The molecule has 0 saturated heterocycles. The van der Waals surface area contributed by atoms with E-state index in [0.717, 1.165) is 29.6 Å². The van der Waals surface area contributed by atoms with Crippen molar-refractivity contribution in [3.8, 4) is 5.75 Å². The molecule has 1 rings (SSSR count). The molecular weight excluding hydrogens is 270 g/mol. The number of benzene rings is 1. The standard InChI is InChI=1S/C12H18BrNO2/c1-3-10(8-16-2)14-7-9-4-5-12(15)11(13)6-9/h4-6,10,14-15H,3,7-8H2,1-2H3. The Morgan fingerprint density at radius 2 is 2.25 bits per heavy atom. The van der Waals surface area contributed by atoms with Crippen LogP contribution < -0.4 is 5.32 Å². The molecule has 0 aromatic heterocycles. The molecule has 0 aliphatic heterocycles. The van der Waals surface area contributed by atoms with Crippen molar-refractivity contribution in [1.82, 2.24) is 5.32 Å². The number of hydrogen-bond acceptors (Lipinski definition) is 3. The van der Waals surface area contributed by atoms with Crippen LogP contribution in [0, 0.1) is 0 Å². The van der Waals surface area contributed by atoms with Crippen molar-refractivity contribution < 1.29 is 9.84 Å². The Labute approximate surface area is 105 Å². The SMILES string of the molecule is CCC(COC)NCc1ccc(O)c(Br)c1. The normalized spacial score (nSPS) is 12.7. The Morgan fingerprint density at radius 3 is 2.81 bits per heavy atom. The predicted octanol–water partition coefficient (Wildman–Crippen LogP) is 2.67. The largest absolute Gasteiger partial charge is 0.507 e. The van der Waals surface area contributed by atoms with Gasteiger partial charge in [-0.05, 0) is 40.0 Å². The Morgan fingerprint density at radius 1 is 1.50 bits per heavy atom. The first kappa shape index (κ1) is 13.5. The van der Waals surface area contributed by atoms with Gasteiger partial charge in [0.2, 0.25) is 0 Å². The highest BCUT2D eigenvalue weighted by Gasteiger charge is 2.05. The van der Waals surface area contributed by atoms with Crippen molar-refractivity contribution in [2.75, 3.05) is 13.7 Å². The van der Waals surface area contributed by atoms with E-state index in [9.17, 15) is 5.11 Å². The highest BCUT2D eigenvalue weighted by Crippen LogP contribution is 2.24. The molecule has 0 amide bonds. The van der Waals surface area contributed by atoms with Gasteiger partial charge < -0.3 is 15.2 Å². The Bertz CT molecular complexity index is 331. The first-order valence-electron chi connectivity index (χ1n) is 5.37. The van der Waals surface area contributed by atoms with E-state index >= 15 is 0 Å². The topological polar surface area (TPSA) is 41.5 Å². The summed E-state index contributed by atoms with van der Waals surface area (Å²) in [5, 5.41) is 12.8. The predicted molar refractivity (Wildman–Crippen MR) is 68.6 cm³/mol. The first-order valence-corrected chi connectivity index (χ1v) is 6.16. The van der Waals surface area contributed by atoms with Crippen molar-refractivity contribution in [2.45, 2.75) is 25.9 Å². The van der Waals surface area contributed by atoms with Gasteiger partial charge in [0.1, 0.15) is 5.75 Å². The van der Waals surface area contributed by atoms with Crippen molar-refractivity contribution in [3.63, 3.8) is 0 Å². The van der Waals surface area contributed by atoms with Gasteiger partial charge in [-0.3, -0.25) is 0 Å². The second-order valence-corrected chi connectivity index (χ2v) is 4.58. The molecule has 4 heteroatoms. The van der Waals surface area contributed by atoms with Crippen LogP contribution in [0.15, 0.2) is 22.7 Å². The Hall–Kier alpha value is -0.580. The van der Waals surface area contributed by atoms with Crippen LogP contribution in [0.25, 0.3) is 0 Å². The lowest BCUT2D eigenvalue weighted by Gasteiger charge is -2.16. The van der Waals surface area contributed by atoms with Gasteiger partial charge in [-0.15, -0.1) is 0 Å². The summed E-state index contributed by atoms with van der Waals surface area (Å²) in [6.07, 6.45) is 1.03. The minimum Gasteiger partial charge on any atom is -0.507 e. The van der Waals surface area contributed by atoms with Gasteiger partial charge in [-0.2, -0.15) is 0 Å². The molecule has 0 fully saturated rings. The average Bonchev–Trinajstić information content (AvgIpc) is 2.28. The molecule has 1 unspecified atom stereocenters. The molecule has 90 valence electrons. The number of rotatable bonds is 6. The molecule has 0 radical (unpaired) electrons. The lowest BCUT2D eigenvalue weighted by Crippen LogP contribution is -2.31. The second kappa shape index (κ2) is 6.89. The summed E-state index contributed by atoms with van der Waals surface area (Å²) in [6.45, 7) is 3.62. The quantitative estimate of drug-likeness (QED) is 0.845. The highest BCUT2D eigenvalue weighted by atomic mass is 79.9. The first-order chi connectivity index (χ1) is 7.67. The smallest absolute Gasteiger partial charge is 0.129 e. The maximum atomic E-state index is 9.36. The lowest BCUT2D eigenvalue weighted by molar-refractivity contribution is 0.164. The summed E-state index contributed by atoms with van der Waals surface area (Å²) in [4.78, 5) is 0. The number of aromatic hydroxyl groups is 1. The third-order valence-electron chi connectivity index (χ3n) is 2.47. The molecule has 0 heterocycles. The molecule has 0 bridgehead atoms. The minimum atomic E-state index is 0.271. The van der Waals surface area contributed by atoms with E-state index in [1.165, 1.54) is 0 Å². The van der Waals surface area contributed by atoms with Crippen LogP contribution in [-0.4, -0.2) is 24.9 Å². The molecule has 2 N–H and O–H groups in total. The summed E-state index contributed by atoms with van der Waals surface area (Å²) in [6, 6.07) is 5.89. The fourth-order valence-corrected chi connectivity index (χ4v) is 1.87. The van der Waals surface area contributed by atoms with Gasteiger partial charge in [0.25, 0.3) is 0 Å². The zero-order valence-corrected chi connectivity index (χ0v) is 11.3. The van der Waals surface area contributed by atoms with Crippen LogP contribution in [0.1, 0.15) is 18.9 Å². The summed E-state index contributed by atoms with van der Waals surface area (Å²) >= 11 is 3.30. The minimum absolute atomic E-state index is 0.271. The highest BCUT2D eigenvalue weighted by molar-refractivity contribution is 9.10. The fraction of sp³-hybridized carbons (Fsp3) is 0.500. The van der Waals surface area contributed by atoms with Crippen LogP contribution in [-0.2, 0) is 11.3 Å². The van der Waals surface area contributed by atoms with E-state index in [4.69, 9.17) is 4.74 Å². The number of phenols is 1. The van der Waals surface area contributed by atoms with Gasteiger partial charge in [0.15, 0.2) is 0 Å². The fourth-order valence-electron chi connectivity index (χ4n) is 1.44. The van der Waals surface area contributed by atoms with E-state index in [0.29, 0.717) is 6.04 Å². The molecule has 1 aromatic rings. The van der Waals surface area contributed by atoms with Gasteiger partial charge in [-0.1, -0.05) is 13.0 Å². The summed E-state index contributed by atoms with van der Waals surface area (Å²) < 4.78 is 5.84. The van der Waals surface area contributed by atoms with Crippen molar-refractivity contribution >= 4 is 15.9 Å². The van der Waals surface area contributed by atoms with Gasteiger partial charge >= 0.3 is 0 Å². The zero-order chi connectivity index (χ0) is 12.0. The van der Waals surface area contributed by atoms with Gasteiger partial charge in [0.05, 0.1) is 11.1 Å². The van der Waals surface area contributed by atoms with Crippen molar-refractivity contribution in [3.05, 3.63) is 28.2 Å². The van der Waals surface area contributed by atoms with E-state index in [1.54, 1.807) is 13.2 Å². The molecule has 0 spiro atoms.